The molecule has 0 spiro atoms. The molecule has 4 N–H and O–H groups in total. The number of aliphatic hydroxyl groups is 1. The summed E-state index contributed by atoms with van der Waals surface area (Å²) in [6.45, 7) is -0.930. The van der Waals surface area contributed by atoms with Crippen LogP contribution in [0.2, 0.25) is 15.1 Å². The first-order valence-electron chi connectivity index (χ1n) is 8.67. The average molecular weight is 494 g/mol. The van der Waals surface area contributed by atoms with Crippen LogP contribution in [0.15, 0.2) is 6.07 Å². The summed E-state index contributed by atoms with van der Waals surface area (Å²) in [5.74, 6) is -3.99. The number of piperidine rings is 1. The molecule has 1 aromatic rings. The SMILES string of the molecule is N[C@@H](c1c(O)cc(Cl)c(Cl)c1Cl)C1CCN(C(=O)[C@@H](CO)OC(=O)C(F)(F)F)CC1. The molecular weight excluding hydrogens is 476 g/mol. The van der Waals surface area contributed by atoms with Crippen molar-refractivity contribution in [3.63, 3.8) is 0 Å². The Balaban J connectivity index is 2.05. The number of phenolic OH excluding ortho intramolecular Hbond substituents is 1. The highest BCUT2D eigenvalue weighted by atomic mass is 35.5. The summed E-state index contributed by atoms with van der Waals surface area (Å²) in [6, 6.07) is 0.464. The van der Waals surface area contributed by atoms with Gasteiger partial charge in [-0.25, -0.2) is 4.79 Å². The highest BCUT2D eigenvalue weighted by molar-refractivity contribution is 6.48. The van der Waals surface area contributed by atoms with Gasteiger partial charge in [-0.05, 0) is 18.8 Å². The van der Waals surface area contributed by atoms with Crippen LogP contribution in [-0.2, 0) is 14.3 Å². The second-order valence-corrected chi connectivity index (χ2v) is 7.85. The Morgan fingerprint density at radius 1 is 1.23 bits per heavy atom. The number of carbonyl (C=O) groups excluding carboxylic acids is 2. The third kappa shape index (κ3) is 5.42. The third-order valence-electron chi connectivity index (χ3n) is 4.79. The van der Waals surface area contributed by atoms with Crippen LogP contribution in [0.5, 0.6) is 5.75 Å². The number of alkyl halides is 3. The lowest BCUT2D eigenvalue weighted by Crippen LogP contribution is -2.48. The number of aromatic hydroxyl groups is 1. The molecule has 2 rings (SSSR count). The third-order valence-corrected chi connectivity index (χ3v) is 6.07. The fourth-order valence-electron chi connectivity index (χ4n) is 3.19. The molecular formula is C17H18Cl3F3N2O5. The van der Waals surface area contributed by atoms with Crippen LogP contribution in [-0.4, -0.2) is 59.0 Å². The van der Waals surface area contributed by atoms with E-state index in [-0.39, 0.29) is 45.4 Å². The van der Waals surface area contributed by atoms with Crippen molar-refractivity contribution in [2.45, 2.75) is 31.2 Å². The molecule has 0 bridgehead atoms. The zero-order valence-electron chi connectivity index (χ0n) is 15.3. The number of nitrogens with two attached hydrogens (primary N) is 1. The monoisotopic (exact) mass is 492 g/mol. The van der Waals surface area contributed by atoms with Crippen LogP contribution in [0.25, 0.3) is 0 Å². The van der Waals surface area contributed by atoms with Crippen LogP contribution >= 0.6 is 34.8 Å². The second-order valence-electron chi connectivity index (χ2n) is 6.68. The maximum Gasteiger partial charge on any atom is 0.490 e. The number of aliphatic hydroxyl groups excluding tert-OH is 1. The van der Waals surface area contributed by atoms with Gasteiger partial charge in [0.05, 0.1) is 21.7 Å². The minimum Gasteiger partial charge on any atom is -0.507 e. The molecule has 0 aliphatic carbocycles. The maximum atomic E-state index is 12.3. The van der Waals surface area contributed by atoms with Crippen LogP contribution < -0.4 is 5.73 Å². The molecule has 1 fully saturated rings. The molecule has 1 aromatic carbocycles. The number of benzene rings is 1. The summed E-state index contributed by atoms with van der Waals surface area (Å²) in [4.78, 5) is 24.4. The fraction of sp³-hybridized carbons (Fsp3) is 0.529. The maximum absolute atomic E-state index is 12.3. The molecule has 0 radical (unpaired) electrons. The first-order valence-corrected chi connectivity index (χ1v) is 9.81. The number of phenols is 1. The van der Waals surface area contributed by atoms with Crippen molar-refractivity contribution in [2.75, 3.05) is 19.7 Å². The number of halogens is 6. The second kappa shape index (κ2) is 9.78. The van der Waals surface area contributed by atoms with Gasteiger partial charge < -0.3 is 25.6 Å². The van der Waals surface area contributed by atoms with Crippen LogP contribution in [0, 0.1) is 5.92 Å². The molecule has 1 saturated heterocycles. The predicted octanol–water partition coefficient (Wildman–Crippen LogP) is 3.06. The smallest absolute Gasteiger partial charge is 0.490 e. The van der Waals surface area contributed by atoms with Gasteiger partial charge in [0.15, 0.2) is 0 Å². The largest absolute Gasteiger partial charge is 0.507 e. The molecule has 30 heavy (non-hydrogen) atoms. The van der Waals surface area contributed by atoms with Gasteiger partial charge in [0, 0.05) is 30.8 Å². The van der Waals surface area contributed by atoms with E-state index in [4.69, 9.17) is 45.6 Å². The summed E-state index contributed by atoms with van der Waals surface area (Å²) in [5, 5.41) is 19.4. The van der Waals surface area contributed by atoms with Gasteiger partial charge in [-0.3, -0.25) is 4.79 Å². The summed E-state index contributed by atoms with van der Waals surface area (Å²) < 4.78 is 41.1. The Morgan fingerprint density at radius 2 is 1.80 bits per heavy atom. The van der Waals surface area contributed by atoms with Crippen molar-refractivity contribution in [1.29, 1.82) is 0 Å². The molecule has 1 amide bonds. The zero-order chi connectivity index (χ0) is 22.8. The van der Waals surface area contributed by atoms with E-state index in [1.807, 2.05) is 0 Å². The first kappa shape index (κ1) is 24.8. The van der Waals surface area contributed by atoms with E-state index in [2.05, 4.69) is 4.74 Å². The fourth-order valence-corrected chi connectivity index (χ4v) is 3.92. The van der Waals surface area contributed by atoms with Crippen LogP contribution in [0.3, 0.4) is 0 Å². The molecule has 0 saturated carbocycles. The number of likely N-dealkylation sites (tertiary alicyclic amines) is 1. The van der Waals surface area contributed by atoms with E-state index >= 15 is 0 Å². The Hall–Kier alpha value is -1.46. The number of esters is 1. The van der Waals surface area contributed by atoms with Crippen molar-refractivity contribution in [1.82, 2.24) is 4.90 Å². The first-order chi connectivity index (χ1) is 13.9. The molecule has 1 aliphatic rings. The van der Waals surface area contributed by atoms with Crippen molar-refractivity contribution in [3.8, 4) is 5.75 Å². The standard InChI is InChI=1S/C17H18Cl3F3N2O5/c18-8-5-9(27)11(13(20)12(8)19)14(24)7-1-3-25(4-2-7)15(28)10(6-26)30-16(29)17(21,22)23/h5,7,10,14,26-27H,1-4,6,24H2/t10-,14-/m1/s1. The molecule has 1 aliphatic heterocycles. The molecule has 2 atom stereocenters. The summed E-state index contributed by atoms with van der Waals surface area (Å²) in [7, 11) is 0. The normalized spacial score (nSPS) is 17.5. The minimum absolute atomic E-state index is 0.00656. The van der Waals surface area contributed by atoms with Gasteiger partial charge in [0.25, 0.3) is 5.91 Å². The summed E-state index contributed by atoms with van der Waals surface area (Å²) >= 11 is 18.0. The van der Waals surface area contributed by atoms with E-state index in [0.717, 1.165) is 0 Å². The number of ether oxygens (including phenoxy) is 1. The van der Waals surface area contributed by atoms with Crippen molar-refractivity contribution < 1.29 is 37.7 Å². The lowest BCUT2D eigenvalue weighted by molar-refractivity contribution is -0.208. The number of nitrogens with zero attached hydrogens (tertiary/aromatic N) is 1. The van der Waals surface area contributed by atoms with E-state index < -0.39 is 36.8 Å². The molecule has 1 heterocycles. The van der Waals surface area contributed by atoms with Crippen LogP contribution in [0.1, 0.15) is 24.4 Å². The highest BCUT2D eigenvalue weighted by Gasteiger charge is 2.44. The molecule has 0 aromatic heterocycles. The van der Waals surface area contributed by atoms with E-state index in [0.29, 0.717) is 12.8 Å². The lowest BCUT2D eigenvalue weighted by atomic mass is 9.85. The number of hydrogen-bond donors (Lipinski definition) is 3. The van der Waals surface area contributed by atoms with Gasteiger partial charge in [0.1, 0.15) is 5.75 Å². The molecule has 7 nitrogen and oxygen atoms in total. The minimum atomic E-state index is -5.28. The molecule has 0 unspecified atom stereocenters. The van der Waals surface area contributed by atoms with E-state index in [9.17, 15) is 27.9 Å². The van der Waals surface area contributed by atoms with Gasteiger partial charge in [0.2, 0.25) is 6.10 Å². The summed E-state index contributed by atoms with van der Waals surface area (Å²) in [5.41, 5.74) is 6.43. The Labute approximate surface area is 184 Å². The van der Waals surface area contributed by atoms with Crippen LogP contribution in [0.4, 0.5) is 13.2 Å². The average Bonchev–Trinajstić information content (AvgIpc) is 2.68. The Morgan fingerprint density at radius 3 is 2.30 bits per heavy atom. The number of hydrogen-bond acceptors (Lipinski definition) is 6. The van der Waals surface area contributed by atoms with Crippen molar-refractivity contribution in [2.24, 2.45) is 11.7 Å². The lowest BCUT2D eigenvalue weighted by Gasteiger charge is -2.36. The van der Waals surface area contributed by atoms with E-state index in [1.165, 1.54) is 11.0 Å². The predicted molar refractivity (Wildman–Crippen MR) is 102 cm³/mol. The Bertz CT molecular complexity index is 817. The topological polar surface area (TPSA) is 113 Å². The van der Waals surface area contributed by atoms with Gasteiger partial charge in [-0.1, -0.05) is 34.8 Å². The van der Waals surface area contributed by atoms with Gasteiger partial charge in [-0.15, -0.1) is 0 Å². The number of carbonyl (C=O) groups is 2. The molecule has 168 valence electrons. The van der Waals surface area contributed by atoms with Gasteiger partial charge in [-0.2, -0.15) is 13.2 Å². The quantitative estimate of drug-likeness (QED) is 0.429. The van der Waals surface area contributed by atoms with Gasteiger partial charge >= 0.3 is 12.1 Å². The number of rotatable bonds is 5. The zero-order valence-corrected chi connectivity index (χ0v) is 17.5. The van der Waals surface area contributed by atoms with Crippen molar-refractivity contribution >= 4 is 46.7 Å². The highest BCUT2D eigenvalue weighted by Crippen LogP contribution is 2.44. The number of amides is 1. The van der Waals surface area contributed by atoms with E-state index in [1.54, 1.807) is 0 Å². The Kier molecular flexibility index (Phi) is 8.09. The summed E-state index contributed by atoms with van der Waals surface area (Å²) in [6.07, 6.45) is -6.62. The van der Waals surface area contributed by atoms with Crippen molar-refractivity contribution in [3.05, 3.63) is 26.7 Å². The molecule has 13 heteroatoms.